The number of carbonyl (C=O) groups is 1. The quantitative estimate of drug-likeness (QED) is 0.660. The van der Waals surface area contributed by atoms with E-state index >= 15 is 0 Å². The molecule has 0 N–H and O–H groups in total. The smallest absolute Gasteiger partial charge is 0.310 e. The second kappa shape index (κ2) is 8.16. The van der Waals surface area contributed by atoms with E-state index in [1.807, 2.05) is 31.2 Å². The maximum absolute atomic E-state index is 12.2. The monoisotopic (exact) mass is 332 g/mol. The normalized spacial score (nSPS) is 12.2. The molecule has 0 saturated heterocycles. The lowest BCUT2D eigenvalue weighted by Gasteiger charge is -2.15. The van der Waals surface area contributed by atoms with Gasteiger partial charge in [0.25, 0.3) is 0 Å². The predicted molar refractivity (Wildman–Crippen MR) is 94.2 cm³/mol. The van der Waals surface area contributed by atoms with Crippen molar-refractivity contribution in [3.05, 3.63) is 51.7 Å². The topological polar surface area (TPSA) is 35.5 Å². The van der Waals surface area contributed by atoms with Gasteiger partial charge in [-0.3, -0.25) is 4.79 Å². The van der Waals surface area contributed by atoms with E-state index in [1.165, 1.54) is 5.56 Å². The summed E-state index contributed by atoms with van der Waals surface area (Å²) < 4.78 is 10.8. The molecule has 124 valence electrons. The highest BCUT2D eigenvalue weighted by atomic mass is 32.1. The van der Waals surface area contributed by atoms with Crippen molar-refractivity contribution in [3.63, 3.8) is 0 Å². The molecular formula is C19H24O3S. The molecule has 0 fully saturated rings. The van der Waals surface area contributed by atoms with Gasteiger partial charge in [0, 0.05) is 4.88 Å². The van der Waals surface area contributed by atoms with Crippen LogP contribution in [-0.2, 0) is 16.0 Å². The van der Waals surface area contributed by atoms with E-state index in [1.54, 1.807) is 18.4 Å². The van der Waals surface area contributed by atoms with Gasteiger partial charge in [-0.2, -0.15) is 0 Å². The van der Waals surface area contributed by atoms with Crippen LogP contribution in [-0.4, -0.2) is 13.1 Å². The van der Waals surface area contributed by atoms with Crippen LogP contribution in [0, 0.1) is 0 Å². The SMILES string of the molecule is CCC(OC(=O)Cc1ccc(OC)cc1)c1cc(C(C)C)cs1. The van der Waals surface area contributed by atoms with Crippen LogP contribution >= 0.6 is 11.3 Å². The van der Waals surface area contributed by atoms with Gasteiger partial charge in [-0.1, -0.05) is 32.9 Å². The highest BCUT2D eigenvalue weighted by Gasteiger charge is 2.18. The van der Waals surface area contributed by atoms with Crippen molar-refractivity contribution in [3.8, 4) is 5.75 Å². The number of rotatable bonds is 7. The molecular weight excluding hydrogens is 308 g/mol. The van der Waals surface area contributed by atoms with Crippen molar-refractivity contribution in [2.24, 2.45) is 0 Å². The van der Waals surface area contributed by atoms with Gasteiger partial charge in [0.05, 0.1) is 13.5 Å². The van der Waals surface area contributed by atoms with Crippen LogP contribution in [0.15, 0.2) is 35.7 Å². The number of hydrogen-bond acceptors (Lipinski definition) is 4. The Balaban J connectivity index is 1.98. The van der Waals surface area contributed by atoms with Crippen molar-refractivity contribution in [1.82, 2.24) is 0 Å². The molecule has 0 amide bonds. The third kappa shape index (κ3) is 4.83. The molecule has 0 aliphatic heterocycles. The van der Waals surface area contributed by atoms with Gasteiger partial charge in [-0.15, -0.1) is 11.3 Å². The fourth-order valence-corrected chi connectivity index (χ4v) is 3.48. The number of hydrogen-bond donors (Lipinski definition) is 0. The van der Waals surface area contributed by atoms with Crippen molar-refractivity contribution >= 4 is 17.3 Å². The van der Waals surface area contributed by atoms with Crippen LogP contribution in [0.4, 0.5) is 0 Å². The van der Waals surface area contributed by atoms with Gasteiger partial charge in [-0.05, 0) is 47.0 Å². The fraction of sp³-hybridized carbons (Fsp3) is 0.421. The van der Waals surface area contributed by atoms with Crippen LogP contribution in [0.5, 0.6) is 5.75 Å². The summed E-state index contributed by atoms with van der Waals surface area (Å²) >= 11 is 1.67. The van der Waals surface area contributed by atoms with Crippen LogP contribution in [0.25, 0.3) is 0 Å². The van der Waals surface area contributed by atoms with Crippen LogP contribution in [0.2, 0.25) is 0 Å². The second-order valence-electron chi connectivity index (χ2n) is 5.85. The molecule has 2 rings (SSSR count). The van der Waals surface area contributed by atoms with E-state index in [0.717, 1.165) is 22.6 Å². The minimum Gasteiger partial charge on any atom is -0.497 e. The van der Waals surface area contributed by atoms with E-state index in [0.29, 0.717) is 5.92 Å². The molecule has 1 unspecified atom stereocenters. The minimum absolute atomic E-state index is 0.154. The summed E-state index contributed by atoms with van der Waals surface area (Å²) in [5.41, 5.74) is 2.23. The number of benzene rings is 1. The Morgan fingerprint density at radius 3 is 2.43 bits per heavy atom. The van der Waals surface area contributed by atoms with Gasteiger partial charge in [0.2, 0.25) is 0 Å². The summed E-state index contributed by atoms with van der Waals surface area (Å²) in [4.78, 5) is 13.3. The average Bonchev–Trinajstić information content (AvgIpc) is 3.03. The zero-order chi connectivity index (χ0) is 16.8. The fourth-order valence-electron chi connectivity index (χ4n) is 2.29. The lowest BCUT2D eigenvalue weighted by molar-refractivity contribution is -0.148. The molecule has 1 atom stereocenters. The lowest BCUT2D eigenvalue weighted by atomic mass is 10.1. The molecule has 0 aliphatic carbocycles. The first-order chi connectivity index (χ1) is 11.0. The zero-order valence-corrected chi connectivity index (χ0v) is 15.0. The molecule has 2 aromatic rings. The molecule has 0 bridgehead atoms. The van der Waals surface area contributed by atoms with E-state index in [2.05, 4.69) is 25.3 Å². The Labute approximate surface area is 142 Å². The number of methoxy groups -OCH3 is 1. The van der Waals surface area contributed by atoms with Gasteiger partial charge in [0.15, 0.2) is 0 Å². The summed E-state index contributed by atoms with van der Waals surface area (Å²) in [6.07, 6.45) is 0.910. The van der Waals surface area contributed by atoms with Crippen molar-refractivity contribution in [2.75, 3.05) is 7.11 Å². The largest absolute Gasteiger partial charge is 0.497 e. The molecule has 1 aromatic heterocycles. The van der Waals surface area contributed by atoms with E-state index in [-0.39, 0.29) is 18.5 Å². The maximum atomic E-state index is 12.2. The van der Waals surface area contributed by atoms with Gasteiger partial charge in [0.1, 0.15) is 11.9 Å². The standard InChI is InChI=1S/C19H24O3S/c1-5-17(18-11-15(12-23-18)13(2)3)22-19(20)10-14-6-8-16(21-4)9-7-14/h6-9,11-13,17H,5,10H2,1-4H3. The van der Waals surface area contributed by atoms with Gasteiger partial charge < -0.3 is 9.47 Å². The molecule has 0 radical (unpaired) electrons. The zero-order valence-electron chi connectivity index (χ0n) is 14.2. The van der Waals surface area contributed by atoms with Crippen molar-refractivity contribution < 1.29 is 14.3 Å². The molecule has 0 saturated carbocycles. The molecule has 1 aromatic carbocycles. The summed E-state index contributed by atoms with van der Waals surface area (Å²) in [6, 6.07) is 9.65. The number of carbonyl (C=O) groups excluding carboxylic acids is 1. The van der Waals surface area contributed by atoms with E-state index in [4.69, 9.17) is 9.47 Å². The molecule has 1 heterocycles. The molecule has 3 nitrogen and oxygen atoms in total. The van der Waals surface area contributed by atoms with E-state index in [9.17, 15) is 4.79 Å². The van der Waals surface area contributed by atoms with Gasteiger partial charge >= 0.3 is 5.97 Å². The Kier molecular flexibility index (Phi) is 6.22. The first kappa shape index (κ1) is 17.5. The summed E-state index contributed by atoms with van der Waals surface area (Å²) in [5.74, 6) is 1.09. The third-order valence-electron chi connectivity index (χ3n) is 3.78. The lowest BCUT2D eigenvalue weighted by Crippen LogP contribution is -2.12. The van der Waals surface area contributed by atoms with Gasteiger partial charge in [-0.25, -0.2) is 0 Å². The van der Waals surface area contributed by atoms with Crippen molar-refractivity contribution in [1.29, 1.82) is 0 Å². The van der Waals surface area contributed by atoms with Crippen LogP contribution < -0.4 is 4.74 Å². The van der Waals surface area contributed by atoms with Crippen molar-refractivity contribution in [2.45, 2.75) is 45.6 Å². The number of esters is 1. The highest BCUT2D eigenvalue weighted by Crippen LogP contribution is 2.31. The summed E-state index contributed by atoms with van der Waals surface area (Å²) in [5, 5.41) is 2.15. The van der Waals surface area contributed by atoms with Crippen LogP contribution in [0.1, 0.15) is 55.2 Å². The Morgan fingerprint density at radius 2 is 1.91 bits per heavy atom. The first-order valence-electron chi connectivity index (χ1n) is 7.94. The van der Waals surface area contributed by atoms with Crippen LogP contribution in [0.3, 0.4) is 0 Å². The summed E-state index contributed by atoms with van der Waals surface area (Å²) in [7, 11) is 1.63. The first-order valence-corrected chi connectivity index (χ1v) is 8.82. The molecule has 0 spiro atoms. The molecule has 23 heavy (non-hydrogen) atoms. The maximum Gasteiger partial charge on any atom is 0.310 e. The predicted octanol–water partition coefficient (Wildman–Crippen LogP) is 5.12. The Morgan fingerprint density at radius 1 is 1.22 bits per heavy atom. The second-order valence-corrected chi connectivity index (χ2v) is 6.79. The Hall–Kier alpha value is -1.81. The third-order valence-corrected chi connectivity index (χ3v) is 4.82. The average molecular weight is 332 g/mol. The summed E-state index contributed by atoms with van der Waals surface area (Å²) in [6.45, 7) is 6.38. The highest BCUT2D eigenvalue weighted by molar-refractivity contribution is 7.10. The minimum atomic E-state index is -0.193. The Bertz CT molecular complexity index is 628. The number of thiophene rings is 1. The molecule has 0 aliphatic rings. The number of ether oxygens (including phenoxy) is 2. The molecule has 4 heteroatoms. The van der Waals surface area contributed by atoms with E-state index < -0.39 is 0 Å².